The van der Waals surface area contributed by atoms with Gasteiger partial charge >= 0.3 is 0 Å². The first-order valence-electron chi connectivity index (χ1n) is 5.44. The third-order valence-electron chi connectivity index (χ3n) is 2.47. The van der Waals surface area contributed by atoms with E-state index >= 15 is 0 Å². The second-order valence-corrected chi connectivity index (χ2v) is 4.73. The number of aliphatic hydroxyl groups excluding tert-OH is 1. The molecule has 0 aliphatic carbocycles. The van der Waals surface area contributed by atoms with Crippen molar-refractivity contribution in [3.05, 3.63) is 34.3 Å². The molecule has 0 aliphatic rings. The first kappa shape index (κ1) is 12.7. The van der Waals surface area contributed by atoms with Gasteiger partial charge in [-0.1, -0.05) is 5.21 Å². The Hall–Kier alpha value is -1.73. The van der Waals surface area contributed by atoms with Gasteiger partial charge in [-0.3, -0.25) is 4.79 Å². The molecule has 6 nitrogen and oxygen atoms in total. The zero-order valence-corrected chi connectivity index (χ0v) is 10.8. The van der Waals surface area contributed by atoms with Gasteiger partial charge < -0.3 is 10.0 Å². The minimum Gasteiger partial charge on any atom is -0.390 e. The number of amides is 1. The number of aliphatic hydroxyl groups is 1. The lowest BCUT2D eigenvalue weighted by atomic mass is 10.3. The van der Waals surface area contributed by atoms with Crippen molar-refractivity contribution in [3.63, 3.8) is 0 Å². The summed E-state index contributed by atoms with van der Waals surface area (Å²) in [5, 5.41) is 20.3. The molecule has 0 atom stereocenters. The molecule has 0 aliphatic heterocycles. The van der Waals surface area contributed by atoms with Crippen molar-refractivity contribution in [1.82, 2.24) is 19.9 Å². The van der Waals surface area contributed by atoms with Gasteiger partial charge in [-0.15, -0.1) is 5.10 Å². The molecule has 0 saturated heterocycles. The highest BCUT2D eigenvalue weighted by molar-refractivity contribution is 7.07. The van der Waals surface area contributed by atoms with Gasteiger partial charge in [0, 0.05) is 13.6 Å². The van der Waals surface area contributed by atoms with E-state index in [4.69, 9.17) is 5.11 Å². The van der Waals surface area contributed by atoms with Gasteiger partial charge in [-0.25, -0.2) is 4.68 Å². The summed E-state index contributed by atoms with van der Waals surface area (Å²) in [5.74, 6) is -0.0458. The highest BCUT2D eigenvalue weighted by atomic mass is 32.1. The van der Waals surface area contributed by atoms with Crippen LogP contribution in [0.15, 0.2) is 23.0 Å². The molecule has 1 amide bonds. The SMILES string of the molecule is CN(Cc1ccsc1)C(=O)Cn1cc(CO)nn1. The van der Waals surface area contributed by atoms with Crippen molar-refractivity contribution in [1.29, 1.82) is 0 Å². The van der Waals surface area contributed by atoms with Gasteiger partial charge in [0.05, 0.1) is 12.8 Å². The minimum atomic E-state index is -0.168. The van der Waals surface area contributed by atoms with E-state index in [1.54, 1.807) is 29.5 Å². The average molecular weight is 266 g/mol. The summed E-state index contributed by atoms with van der Waals surface area (Å²) >= 11 is 1.61. The Morgan fingerprint density at radius 2 is 2.44 bits per heavy atom. The maximum atomic E-state index is 11.9. The first-order valence-corrected chi connectivity index (χ1v) is 6.38. The Bertz CT molecular complexity index is 509. The number of hydrogen-bond acceptors (Lipinski definition) is 5. The largest absolute Gasteiger partial charge is 0.390 e. The van der Waals surface area contributed by atoms with E-state index in [2.05, 4.69) is 10.3 Å². The number of likely N-dealkylation sites (N-methyl/N-ethyl adjacent to an activating group) is 1. The minimum absolute atomic E-state index is 0.0458. The van der Waals surface area contributed by atoms with Crippen LogP contribution in [0.5, 0.6) is 0 Å². The highest BCUT2D eigenvalue weighted by Crippen LogP contribution is 2.08. The third-order valence-corrected chi connectivity index (χ3v) is 3.20. The average Bonchev–Trinajstić information content (AvgIpc) is 3.00. The molecule has 18 heavy (non-hydrogen) atoms. The second-order valence-electron chi connectivity index (χ2n) is 3.95. The number of thiophene rings is 1. The van der Waals surface area contributed by atoms with E-state index < -0.39 is 0 Å². The van der Waals surface area contributed by atoms with Crippen LogP contribution in [0.4, 0.5) is 0 Å². The number of rotatable bonds is 5. The fourth-order valence-electron chi connectivity index (χ4n) is 1.49. The van der Waals surface area contributed by atoms with Gasteiger partial charge in [-0.05, 0) is 22.4 Å². The molecule has 96 valence electrons. The van der Waals surface area contributed by atoms with Crippen LogP contribution < -0.4 is 0 Å². The third kappa shape index (κ3) is 3.14. The zero-order valence-electron chi connectivity index (χ0n) is 9.98. The standard InChI is InChI=1S/C11H14N4O2S/c1-14(4-9-2-3-18-8-9)11(17)6-15-5-10(7-16)12-13-15/h2-3,5,8,16H,4,6-7H2,1H3. The van der Waals surface area contributed by atoms with Crippen LogP contribution >= 0.6 is 11.3 Å². The number of aromatic nitrogens is 3. The van der Waals surface area contributed by atoms with E-state index in [0.717, 1.165) is 5.56 Å². The maximum Gasteiger partial charge on any atom is 0.244 e. The molecule has 1 N–H and O–H groups in total. The monoisotopic (exact) mass is 266 g/mol. The number of nitrogens with zero attached hydrogens (tertiary/aromatic N) is 4. The summed E-state index contributed by atoms with van der Waals surface area (Å²) in [5.41, 5.74) is 1.58. The van der Waals surface area contributed by atoms with E-state index in [-0.39, 0.29) is 19.1 Å². The summed E-state index contributed by atoms with van der Waals surface area (Å²) in [6.45, 7) is 0.552. The molecular formula is C11H14N4O2S. The predicted octanol–water partition coefficient (Wildman–Crippen LogP) is 0.490. The van der Waals surface area contributed by atoms with E-state index in [9.17, 15) is 4.79 Å². The lowest BCUT2D eigenvalue weighted by Gasteiger charge is -2.16. The summed E-state index contributed by atoms with van der Waals surface area (Å²) in [6.07, 6.45) is 1.57. The van der Waals surface area contributed by atoms with Gasteiger partial charge in [-0.2, -0.15) is 11.3 Å². The Balaban J connectivity index is 1.90. The summed E-state index contributed by atoms with van der Waals surface area (Å²) in [4.78, 5) is 13.6. The van der Waals surface area contributed by atoms with Gasteiger partial charge in [0.1, 0.15) is 12.2 Å². The van der Waals surface area contributed by atoms with Crippen molar-refractivity contribution in [2.45, 2.75) is 19.7 Å². The topological polar surface area (TPSA) is 71.2 Å². The molecule has 0 aromatic carbocycles. The second kappa shape index (κ2) is 5.74. The Labute approximate surface area is 108 Å². The van der Waals surface area contributed by atoms with E-state index in [1.165, 1.54) is 4.68 Å². The smallest absolute Gasteiger partial charge is 0.244 e. The van der Waals surface area contributed by atoms with Crippen LogP contribution in [-0.2, 0) is 24.5 Å². The lowest BCUT2D eigenvalue weighted by molar-refractivity contribution is -0.131. The molecule has 2 heterocycles. The summed E-state index contributed by atoms with van der Waals surface area (Å²) in [7, 11) is 1.75. The normalized spacial score (nSPS) is 10.6. The van der Waals surface area contributed by atoms with Gasteiger partial charge in [0.25, 0.3) is 0 Å². The van der Waals surface area contributed by atoms with Crippen LogP contribution in [-0.4, -0.2) is 38.0 Å². The number of hydrogen-bond donors (Lipinski definition) is 1. The van der Waals surface area contributed by atoms with Crippen molar-refractivity contribution in [2.75, 3.05) is 7.05 Å². The van der Waals surface area contributed by atoms with E-state index in [1.807, 2.05) is 16.8 Å². The Kier molecular flexibility index (Phi) is 4.06. The molecule has 0 bridgehead atoms. The molecule has 2 aromatic rings. The number of carbonyl (C=O) groups excluding carboxylic acids is 1. The van der Waals surface area contributed by atoms with Gasteiger partial charge in [0.15, 0.2) is 0 Å². The summed E-state index contributed by atoms with van der Waals surface area (Å²) in [6, 6.07) is 1.99. The van der Waals surface area contributed by atoms with Crippen LogP contribution in [0.25, 0.3) is 0 Å². The lowest BCUT2D eigenvalue weighted by Crippen LogP contribution is -2.29. The molecule has 0 spiro atoms. The molecule has 7 heteroatoms. The first-order chi connectivity index (χ1) is 8.69. The molecule has 2 aromatic heterocycles. The molecule has 0 unspecified atom stereocenters. The van der Waals surface area contributed by atoms with Crippen LogP contribution in [0.1, 0.15) is 11.3 Å². The molecule has 0 saturated carbocycles. The van der Waals surface area contributed by atoms with Crippen molar-refractivity contribution >= 4 is 17.2 Å². The highest BCUT2D eigenvalue weighted by Gasteiger charge is 2.11. The van der Waals surface area contributed by atoms with Crippen LogP contribution in [0.3, 0.4) is 0 Å². The summed E-state index contributed by atoms with van der Waals surface area (Å²) < 4.78 is 1.43. The quantitative estimate of drug-likeness (QED) is 0.855. The predicted molar refractivity (Wildman–Crippen MR) is 66.7 cm³/mol. The Morgan fingerprint density at radius 1 is 1.61 bits per heavy atom. The van der Waals surface area contributed by atoms with Crippen molar-refractivity contribution in [2.24, 2.45) is 0 Å². The number of carbonyl (C=O) groups is 1. The van der Waals surface area contributed by atoms with Crippen molar-refractivity contribution < 1.29 is 9.90 Å². The maximum absolute atomic E-state index is 11.9. The van der Waals surface area contributed by atoms with Crippen LogP contribution in [0, 0.1) is 0 Å². The molecular weight excluding hydrogens is 252 g/mol. The zero-order chi connectivity index (χ0) is 13.0. The Morgan fingerprint density at radius 3 is 3.06 bits per heavy atom. The fourth-order valence-corrected chi connectivity index (χ4v) is 2.15. The van der Waals surface area contributed by atoms with Crippen molar-refractivity contribution in [3.8, 4) is 0 Å². The van der Waals surface area contributed by atoms with E-state index in [0.29, 0.717) is 12.2 Å². The molecule has 0 radical (unpaired) electrons. The van der Waals surface area contributed by atoms with Gasteiger partial charge in [0.2, 0.25) is 5.91 Å². The molecule has 2 rings (SSSR count). The fraction of sp³-hybridized carbons (Fsp3) is 0.364. The van der Waals surface area contributed by atoms with Crippen LogP contribution in [0.2, 0.25) is 0 Å². The molecule has 0 fully saturated rings.